The Labute approximate surface area is 189 Å². The van der Waals surface area contributed by atoms with E-state index in [2.05, 4.69) is 31.1 Å². The highest BCUT2D eigenvalue weighted by molar-refractivity contribution is 5.95. The molecule has 7 nitrogen and oxygen atoms in total. The van der Waals surface area contributed by atoms with Crippen LogP contribution in [0.15, 0.2) is 48.5 Å². The molecule has 1 aliphatic rings. The summed E-state index contributed by atoms with van der Waals surface area (Å²) in [4.78, 5) is 17.1. The molecule has 1 aromatic heterocycles. The number of aromatic amines is 1. The van der Waals surface area contributed by atoms with Crippen LogP contribution in [0.5, 0.6) is 0 Å². The van der Waals surface area contributed by atoms with E-state index in [1.54, 1.807) is 24.3 Å². The van der Waals surface area contributed by atoms with Gasteiger partial charge in [0.25, 0.3) is 5.91 Å². The van der Waals surface area contributed by atoms with Gasteiger partial charge in [-0.2, -0.15) is 18.3 Å². The molecule has 1 fully saturated rings. The number of piperidine rings is 1. The fraction of sp³-hybridized carbons (Fsp3) is 0.348. The van der Waals surface area contributed by atoms with Gasteiger partial charge in [0, 0.05) is 23.7 Å². The molecule has 33 heavy (non-hydrogen) atoms. The van der Waals surface area contributed by atoms with Crippen LogP contribution in [0.25, 0.3) is 0 Å². The molecule has 4 rings (SSSR count). The van der Waals surface area contributed by atoms with Crippen molar-refractivity contribution in [2.24, 2.45) is 0 Å². The molecular formula is C23H25F3N6O. The molecular weight excluding hydrogens is 433 g/mol. The summed E-state index contributed by atoms with van der Waals surface area (Å²) in [6, 6.07) is 12.0. The number of halogens is 3. The molecule has 3 aromatic rings. The Balaban J connectivity index is 1.34. The summed E-state index contributed by atoms with van der Waals surface area (Å²) in [7, 11) is 0. The Kier molecular flexibility index (Phi) is 6.93. The number of hydrogen-bond donors (Lipinski definition) is 4. The highest BCUT2D eigenvalue weighted by Gasteiger charge is 2.32. The SMILES string of the molecule is O=C(NCc1ccccc1C(F)(F)F)c1cccc(NCc2nc(C3CCNCC3)n[nH]2)c1. The van der Waals surface area contributed by atoms with Crippen LogP contribution in [0.3, 0.4) is 0 Å². The second-order valence-corrected chi connectivity index (χ2v) is 7.94. The fourth-order valence-electron chi connectivity index (χ4n) is 3.84. The van der Waals surface area contributed by atoms with E-state index in [-0.39, 0.29) is 12.1 Å². The van der Waals surface area contributed by atoms with Crippen molar-refractivity contribution in [2.75, 3.05) is 18.4 Å². The van der Waals surface area contributed by atoms with Crippen molar-refractivity contribution in [3.63, 3.8) is 0 Å². The Bertz CT molecular complexity index is 1090. The van der Waals surface area contributed by atoms with Crippen LogP contribution < -0.4 is 16.0 Å². The van der Waals surface area contributed by atoms with Crippen LogP contribution in [-0.2, 0) is 19.3 Å². The van der Waals surface area contributed by atoms with Crippen molar-refractivity contribution in [1.82, 2.24) is 25.8 Å². The Morgan fingerprint density at radius 1 is 1.06 bits per heavy atom. The van der Waals surface area contributed by atoms with Gasteiger partial charge < -0.3 is 16.0 Å². The van der Waals surface area contributed by atoms with Gasteiger partial charge in [-0.05, 0) is 55.8 Å². The van der Waals surface area contributed by atoms with E-state index in [0.717, 1.165) is 37.8 Å². The van der Waals surface area contributed by atoms with E-state index in [1.165, 1.54) is 18.2 Å². The van der Waals surface area contributed by atoms with E-state index in [9.17, 15) is 18.0 Å². The molecule has 10 heteroatoms. The summed E-state index contributed by atoms with van der Waals surface area (Å²) >= 11 is 0. The van der Waals surface area contributed by atoms with Gasteiger partial charge >= 0.3 is 6.18 Å². The van der Waals surface area contributed by atoms with Crippen molar-refractivity contribution >= 4 is 11.6 Å². The van der Waals surface area contributed by atoms with Crippen LogP contribution in [0.2, 0.25) is 0 Å². The standard InChI is InChI=1S/C23H25F3N6O/c24-23(25,26)19-7-2-1-4-17(19)13-29-22(33)16-5-3-6-18(12-16)28-14-20-30-21(32-31-20)15-8-10-27-11-9-15/h1-7,12,15,27-28H,8-11,13-14H2,(H,29,33)(H,30,31,32). The van der Waals surface area contributed by atoms with Gasteiger partial charge in [-0.1, -0.05) is 24.3 Å². The monoisotopic (exact) mass is 458 g/mol. The molecule has 2 heterocycles. The average Bonchev–Trinajstić information content (AvgIpc) is 3.31. The number of carbonyl (C=O) groups is 1. The third-order valence-electron chi connectivity index (χ3n) is 5.60. The quantitative estimate of drug-likeness (QED) is 0.432. The molecule has 1 amide bonds. The number of hydrogen-bond acceptors (Lipinski definition) is 5. The highest BCUT2D eigenvalue weighted by Crippen LogP contribution is 2.31. The van der Waals surface area contributed by atoms with Gasteiger partial charge in [-0.15, -0.1) is 0 Å². The van der Waals surface area contributed by atoms with Gasteiger partial charge in [0.05, 0.1) is 12.1 Å². The number of aromatic nitrogens is 3. The smallest absolute Gasteiger partial charge is 0.378 e. The zero-order valence-corrected chi connectivity index (χ0v) is 17.9. The first-order valence-corrected chi connectivity index (χ1v) is 10.8. The van der Waals surface area contributed by atoms with Gasteiger partial charge in [0.15, 0.2) is 5.82 Å². The minimum atomic E-state index is -4.47. The van der Waals surface area contributed by atoms with Crippen molar-refractivity contribution in [1.29, 1.82) is 0 Å². The molecule has 0 atom stereocenters. The summed E-state index contributed by atoms with van der Waals surface area (Å²) in [5.74, 6) is 1.41. The first kappa shape index (κ1) is 22.8. The van der Waals surface area contributed by atoms with Crippen LogP contribution in [0.1, 0.15) is 51.9 Å². The van der Waals surface area contributed by atoms with Crippen molar-refractivity contribution < 1.29 is 18.0 Å². The fourth-order valence-corrected chi connectivity index (χ4v) is 3.84. The van der Waals surface area contributed by atoms with Crippen LogP contribution in [0, 0.1) is 0 Å². The lowest BCUT2D eigenvalue weighted by Crippen LogP contribution is -2.27. The number of alkyl halides is 3. The van der Waals surface area contributed by atoms with E-state index < -0.39 is 17.6 Å². The number of amides is 1. The predicted molar refractivity (Wildman–Crippen MR) is 118 cm³/mol. The lowest BCUT2D eigenvalue weighted by Gasteiger charge is -2.19. The summed E-state index contributed by atoms with van der Waals surface area (Å²) in [5.41, 5.74) is 0.301. The van der Waals surface area contributed by atoms with Crippen molar-refractivity contribution in [3.05, 3.63) is 76.9 Å². The molecule has 2 aromatic carbocycles. The first-order chi connectivity index (χ1) is 15.9. The molecule has 1 aliphatic heterocycles. The maximum absolute atomic E-state index is 13.1. The van der Waals surface area contributed by atoms with Gasteiger partial charge in [0.2, 0.25) is 0 Å². The number of carbonyl (C=O) groups excluding carboxylic acids is 1. The number of nitrogens with one attached hydrogen (secondary N) is 4. The molecule has 0 saturated carbocycles. The van der Waals surface area contributed by atoms with Crippen LogP contribution in [0.4, 0.5) is 18.9 Å². The Morgan fingerprint density at radius 3 is 2.64 bits per heavy atom. The maximum atomic E-state index is 13.1. The van der Waals surface area contributed by atoms with Crippen LogP contribution in [-0.4, -0.2) is 34.2 Å². The molecule has 4 N–H and O–H groups in total. The Hall–Kier alpha value is -3.40. The van der Waals surface area contributed by atoms with E-state index in [0.29, 0.717) is 29.5 Å². The van der Waals surface area contributed by atoms with Crippen molar-refractivity contribution in [3.8, 4) is 0 Å². The van der Waals surface area contributed by atoms with Crippen LogP contribution >= 0.6 is 0 Å². The predicted octanol–water partition coefficient (Wildman–Crippen LogP) is 3.83. The lowest BCUT2D eigenvalue weighted by molar-refractivity contribution is -0.138. The van der Waals surface area contributed by atoms with Gasteiger partial charge in [0.1, 0.15) is 5.82 Å². The normalized spacial score (nSPS) is 14.8. The largest absolute Gasteiger partial charge is 0.416 e. The molecule has 1 saturated heterocycles. The van der Waals surface area contributed by atoms with E-state index in [1.807, 2.05) is 0 Å². The molecule has 0 aliphatic carbocycles. The summed E-state index contributed by atoms with van der Waals surface area (Å²) < 4.78 is 39.4. The number of H-pyrrole nitrogens is 1. The summed E-state index contributed by atoms with van der Waals surface area (Å²) in [5, 5.41) is 16.4. The second kappa shape index (κ2) is 10.0. The first-order valence-electron chi connectivity index (χ1n) is 10.8. The van der Waals surface area contributed by atoms with E-state index in [4.69, 9.17) is 0 Å². The topological polar surface area (TPSA) is 94.7 Å². The highest BCUT2D eigenvalue weighted by atomic mass is 19.4. The van der Waals surface area contributed by atoms with Crippen molar-refractivity contribution in [2.45, 2.75) is 38.0 Å². The summed E-state index contributed by atoms with van der Waals surface area (Å²) in [6.45, 7) is 2.11. The second-order valence-electron chi connectivity index (χ2n) is 7.94. The summed E-state index contributed by atoms with van der Waals surface area (Å²) in [6.07, 6.45) is -2.45. The Morgan fingerprint density at radius 2 is 1.85 bits per heavy atom. The molecule has 0 unspecified atom stereocenters. The third kappa shape index (κ3) is 5.89. The third-order valence-corrected chi connectivity index (χ3v) is 5.60. The minimum absolute atomic E-state index is 0.0162. The zero-order chi connectivity index (χ0) is 23.3. The number of benzene rings is 2. The molecule has 0 radical (unpaired) electrons. The maximum Gasteiger partial charge on any atom is 0.416 e. The number of anilines is 1. The molecule has 174 valence electrons. The van der Waals surface area contributed by atoms with E-state index >= 15 is 0 Å². The number of rotatable bonds is 7. The number of nitrogens with zero attached hydrogens (tertiary/aromatic N) is 2. The average molecular weight is 458 g/mol. The molecule has 0 bridgehead atoms. The minimum Gasteiger partial charge on any atom is -0.378 e. The zero-order valence-electron chi connectivity index (χ0n) is 17.9. The van der Waals surface area contributed by atoms with Gasteiger partial charge in [-0.25, -0.2) is 4.98 Å². The lowest BCUT2D eigenvalue weighted by atomic mass is 9.98. The molecule has 0 spiro atoms. The van der Waals surface area contributed by atoms with Gasteiger partial charge in [-0.3, -0.25) is 9.89 Å².